The molecular weight excluding hydrogens is 312 g/mol. The lowest BCUT2D eigenvalue weighted by Gasteiger charge is -2.12. The SMILES string of the molecule is Cc1ccc(S(=O)(=O)NCC2CCS(=O)(=O)C2)cc1CN. The molecule has 0 aromatic heterocycles. The van der Waals surface area contributed by atoms with Crippen molar-refractivity contribution < 1.29 is 16.8 Å². The topological polar surface area (TPSA) is 106 Å². The van der Waals surface area contributed by atoms with Crippen molar-refractivity contribution in [3.63, 3.8) is 0 Å². The maximum Gasteiger partial charge on any atom is 0.240 e. The molecule has 21 heavy (non-hydrogen) atoms. The molecule has 6 nitrogen and oxygen atoms in total. The maximum atomic E-state index is 12.2. The lowest BCUT2D eigenvalue weighted by molar-refractivity contribution is 0.543. The van der Waals surface area contributed by atoms with E-state index >= 15 is 0 Å². The molecule has 0 bridgehead atoms. The summed E-state index contributed by atoms with van der Waals surface area (Å²) in [6, 6.07) is 4.81. The normalized spacial score (nSPS) is 21.5. The molecule has 1 heterocycles. The molecule has 0 saturated carbocycles. The Hall–Kier alpha value is -0.960. The fraction of sp³-hybridized carbons (Fsp3) is 0.538. The summed E-state index contributed by atoms with van der Waals surface area (Å²) in [6.45, 7) is 2.29. The number of nitrogens with two attached hydrogens (primary N) is 1. The molecule has 1 unspecified atom stereocenters. The van der Waals surface area contributed by atoms with E-state index in [4.69, 9.17) is 5.73 Å². The fourth-order valence-electron chi connectivity index (χ4n) is 2.38. The third kappa shape index (κ3) is 4.03. The van der Waals surface area contributed by atoms with Gasteiger partial charge in [-0.2, -0.15) is 0 Å². The van der Waals surface area contributed by atoms with Crippen LogP contribution in [-0.2, 0) is 26.4 Å². The molecule has 1 aliphatic rings. The highest BCUT2D eigenvalue weighted by Gasteiger charge is 2.29. The van der Waals surface area contributed by atoms with Gasteiger partial charge in [0.05, 0.1) is 16.4 Å². The molecule has 1 aromatic rings. The standard InChI is InChI=1S/C13H20N2O4S2/c1-10-2-3-13(6-12(10)7-14)21(18,19)15-8-11-4-5-20(16,17)9-11/h2-3,6,11,15H,4-5,7-9,14H2,1H3. The van der Waals surface area contributed by atoms with E-state index in [-0.39, 0.29) is 35.4 Å². The molecule has 1 atom stereocenters. The predicted molar refractivity (Wildman–Crippen MR) is 81.0 cm³/mol. The first-order valence-electron chi connectivity index (χ1n) is 6.73. The van der Waals surface area contributed by atoms with Crippen molar-refractivity contribution >= 4 is 19.9 Å². The average molecular weight is 332 g/mol. The van der Waals surface area contributed by atoms with Gasteiger partial charge in [-0.05, 0) is 42.5 Å². The molecule has 1 aliphatic heterocycles. The van der Waals surface area contributed by atoms with E-state index in [0.29, 0.717) is 6.42 Å². The summed E-state index contributed by atoms with van der Waals surface area (Å²) in [5, 5.41) is 0. The number of sulfone groups is 1. The first-order valence-corrected chi connectivity index (χ1v) is 10.0. The van der Waals surface area contributed by atoms with Crippen molar-refractivity contribution in [3.05, 3.63) is 29.3 Å². The zero-order chi connectivity index (χ0) is 15.7. The number of benzene rings is 1. The van der Waals surface area contributed by atoms with Crippen molar-refractivity contribution in [2.45, 2.75) is 24.8 Å². The largest absolute Gasteiger partial charge is 0.326 e. The van der Waals surface area contributed by atoms with Crippen molar-refractivity contribution in [1.82, 2.24) is 4.72 Å². The Bertz CT molecular complexity index is 727. The Labute approximate surface area is 125 Å². The molecule has 0 spiro atoms. The van der Waals surface area contributed by atoms with E-state index < -0.39 is 19.9 Å². The summed E-state index contributed by atoms with van der Waals surface area (Å²) in [7, 11) is -6.63. The molecular formula is C13H20N2O4S2. The minimum absolute atomic E-state index is 0.0530. The van der Waals surface area contributed by atoms with Gasteiger partial charge in [-0.3, -0.25) is 0 Å². The molecule has 1 saturated heterocycles. The lowest BCUT2D eigenvalue weighted by Crippen LogP contribution is -2.30. The van der Waals surface area contributed by atoms with E-state index in [0.717, 1.165) is 11.1 Å². The zero-order valence-electron chi connectivity index (χ0n) is 11.9. The van der Waals surface area contributed by atoms with E-state index in [2.05, 4.69) is 4.72 Å². The van der Waals surface area contributed by atoms with Crippen molar-refractivity contribution in [2.24, 2.45) is 11.7 Å². The van der Waals surface area contributed by atoms with Crippen LogP contribution >= 0.6 is 0 Å². The van der Waals surface area contributed by atoms with Gasteiger partial charge >= 0.3 is 0 Å². The van der Waals surface area contributed by atoms with Gasteiger partial charge in [0.2, 0.25) is 10.0 Å². The van der Waals surface area contributed by atoms with Gasteiger partial charge in [0.25, 0.3) is 0 Å². The number of hydrogen-bond donors (Lipinski definition) is 2. The summed E-state index contributed by atoms with van der Waals surface area (Å²) in [5.41, 5.74) is 7.31. The summed E-state index contributed by atoms with van der Waals surface area (Å²) in [5.74, 6) is 0.0443. The van der Waals surface area contributed by atoms with E-state index in [1.165, 1.54) is 6.07 Å². The van der Waals surface area contributed by atoms with Crippen molar-refractivity contribution in [3.8, 4) is 0 Å². The number of sulfonamides is 1. The van der Waals surface area contributed by atoms with Gasteiger partial charge in [0.1, 0.15) is 0 Å². The van der Waals surface area contributed by atoms with Gasteiger partial charge in [0, 0.05) is 13.1 Å². The predicted octanol–water partition coefficient (Wildman–Crippen LogP) is 0.167. The maximum absolute atomic E-state index is 12.2. The highest BCUT2D eigenvalue weighted by Crippen LogP contribution is 2.19. The monoisotopic (exact) mass is 332 g/mol. The second-order valence-corrected chi connectivity index (χ2v) is 9.41. The molecule has 3 N–H and O–H groups in total. The van der Waals surface area contributed by atoms with Crippen LogP contribution in [0.2, 0.25) is 0 Å². The zero-order valence-corrected chi connectivity index (χ0v) is 13.5. The summed E-state index contributed by atoms with van der Waals surface area (Å²) in [4.78, 5) is 0.161. The van der Waals surface area contributed by atoms with Crippen LogP contribution in [0.25, 0.3) is 0 Å². The van der Waals surface area contributed by atoms with Crippen molar-refractivity contribution in [1.29, 1.82) is 0 Å². The van der Waals surface area contributed by atoms with Crippen LogP contribution in [0.4, 0.5) is 0 Å². The average Bonchev–Trinajstić information content (AvgIpc) is 2.76. The summed E-state index contributed by atoms with van der Waals surface area (Å²) in [6.07, 6.45) is 0.507. The number of aryl methyl sites for hydroxylation is 1. The number of hydrogen-bond acceptors (Lipinski definition) is 5. The smallest absolute Gasteiger partial charge is 0.240 e. The van der Waals surface area contributed by atoms with Crippen LogP contribution in [0.15, 0.2) is 23.1 Å². The molecule has 118 valence electrons. The fourth-order valence-corrected chi connectivity index (χ4v) is 5.41. The Kier molecular flexibility index (Phi) is 4.72. The molecule has 1 aromatic carbocycles. The minimum atomic E-state index is -3.63. The number of nitrogens with one attached hydrogen (secondary N) is 1. The highest BCUT2D eigenvalue weighted by atomic mass is 32.2. The first-order chi connectivity index (χ1) is 9.73. The first kappa shape index (κ1) is 16.4. The molecule has 0 amide bonds. The van der Waals surface area contributed by atoms with Crippen LogP contribution in [0, 0.1) is 12.8 Å². The highest BCUT2D eigenvalue weighted by molar-refractivity contribution is 7.91. The van der Waals surface area contributed by atoms with Crippen LogP contribution in [0.3, 0.4) is 0 Å². The van der Waals surface area contributed by atoms with Gasteiger partial charge < -0.3 is 5.73 Å². The molecule has 2 rings (SSSR count). The molecule has 1 fully saturated rings. The Balaban J connectivity index is 2.09. The number of rotatable bonds is 5. The molecule has 8 heteroatoms. The Morgan fingerprint density at radius 3 is 2.67 bits per heavy atom. The third-order valence-electron chi connectivity index (χ3n) is 3.74. The lowest BCUT2D eigenvalue weighted by atomic mass is 10.1. The summed E-state index contributed by atoms with van der Waals surface area (Å²) < 4.78 is 49.7. The molecule has 0 radical (unpaired) electrons. The van der Waals surface area contributed by atoms with Crippen molar-refractivity contribution in [2.75, 3.05) is 18.1 Å². The second-order valence-electron chi connectivity index (χ2n) is 5.41. The quantitative estimate of drug-likeness (QED) is 0.799. The Morgan fingerprint density at radius 1 is 1.38 bits per heavy atom. The van der Waals surface area contributed by atoms with Gasteiger partial charge in [-0.1, -0.05) is 6.07 Å². The summed E-state index contributed by atoms with van der Waals surface area (Å²) >= 11 is 0. The van der Waals surface area contributed by atoms with Gasteiger partial charge in [0.15, 0.2) is 9.84 Å². The van der Waals surface area contributed by atoms with Crippen LogP contribution in [0.1, 0.15) is 17.5 Å². The third-order valence-corrected chi connectivity index (χ3v) is 7.00. The van der Waals surface area contributed by atoms with Crippen LogP contribution in [0.5, 0.6) is 0 Å². The van der Waals surface area contributed by atoms with Crippen LogP contribution < -0.4 is 10.5 Å². The second kappa shape index (κ2) is 6.04. The molecule has 0 aliphatic carbocycles. The minimum Gasteiger partial charge on any atom is -0.326 e. The van der Waals surface area contributed by atoms with Gasteiger partial charge in [-0.15, -0.1) is 0 Å². The van der Waals surface area contributed by atoms with E-state index in [1.54, 1.807) is 12.1 Å². The van der Waals surface area contributed by atoms with E-state index in [9.17, 15) is 16.8 Å². The van der Waals surface area contributed by atoms with E-state index in [1.807, 2.05) is 6.92 Å². The Morgan fingerprint density at radius 2 is 2.10 bits per heavy atom. The van der Waals surface area contributed by atoms with Gasteiger partial charge in [-0.25, -0.2) is 21.6 Å². The van der Waals surface area contributed by atoms with Crippen LogP contribution in [-0.4, -0.2) is 34.9 Å².